The van der Waals surface area contributed by atoms with Crippen molar-refractivity contribution in [3.63, 3.8) is 0 Å². The van der Waals surface area contributed by atoms with E-state index in [1.807, 2.05) is 0 Å². The van der Waals surface area contributed by atoms with Gasteiger partial charge in [0.1, 0.15) is 0 Å². The van der Waals surface area contributed by atoms with Crippen LogP contribution in [-0.4, -0.2) is 29.0 Å². The smallest absolute Gasteiger partial charge is 0.0633 e. The van der Waals surface area contributed by atoms with Crippen molar-refractivity contribution in [2.75, 3.05) is 13.2 Å². The van der Waals surface area contributed by atoms with Crippen molar-refractivity contribution in [2.24, 2.45) is 5.73 Å². The summed E-state index contributed by atoms with van der Waals surface area (Å²) in [7, 11) is 0. The molecule has 0 radical (unpaired) electrons. The summed E-state index contributed by atoms with van der Waals surface area (Å²) < 4.78 is 0. The lowest BCUT2D eigenvalue weighted by Crippen LogP contribution is -2.47. The van der Waals surface area contributed by atoms with Gasteiger partial charge in [0.05, 0.1) is 18.8 Å². The first-order chi connectivity index (χ1) is 10.6. The van der Waals surface area contributed by atoms with Crippen molar-refractivity contribution in [1.29, 1.82) is 0 Å². The summed E-state index contributed by atoms with van der Waals surface area (Å²) in [5.41, 5.74) is 7.67. The normalized spacial score (nSPS) is 11.8. The second-order valence-electron chi connectivity index (χ2n) is 6.52. The molecule has 0 atom stereocenters. The molecule has 4 N–H and O–H groups in total. The molecule has 0 fully saturated rings. The molecule has 0 aromatic heterocycles. The van der Waals surface area contributed by atoms with E-state index in [-0.39, 0.29) is 13.2 Å². The molecule has 0 amide bonds. The van der Waals surface area contributed by atoms with E-state index in [1.165, 1.54) is 49.7 Å². The maximum absolute atomic E-state index is 9.24. The fraction of sp³-hybridized carbons (Fsp3) is 0.684. The van der Waals surface area contributed by atoms with Crippen molar-refractivity contribution in [3.05, 3.63) is 35.4 Å². The van der Waals surface area contributed by atoms with Crippen molar-refractivity contribution in [2.45, 2.75) is 70.3 Å². The first-order valence-corrected chi connectivity index (χ1v) is 8.72. The fourth-order valence-electron chi connectivity index (χ4n) is 2.65. The minimum absolute atomic E-state index is 0.180. The number of nitrogens with two attached hydrogens (primary N) is 1. The molecule has 0 saturated heterocycles. The average Bonchev–Trinajstić information content (AvgIpc) is 2.56. The highest BCUT2D eigenvalue weighted by Crippen LogP contribution is 2.15. The Kier molecular flexibility index (Phi) is 9.37. The lowest BCUT2D eigenvalue weighted by atomic mass is 9.93. The van der Waals surface area contributed by atoms with Gasteiger partial charge in [-0.25, -0.2) is 0 Å². The second kappa shape index (κ2) is 10.8. The second-order valence-corrected chi connectivity index (χ2v) is 6.52. The van der Waals surface area contributed by atoms with E-state index in [1.54, 1.807) is 0 Å². The standard InChI is InChI=1S/C19H33NO2/c1-2-3-4-5-6-7-9-17-10-8-11-18(14-17)12-13-19(20,15-21)16-22/h8,10-11,14,21-22H,2-7,9,12-13,15-16,20H2,1H3. The van der Waals surface area contributed by atoms with E-state index < -0.39 is 5.54 Å². The highest BCUT2D eigenvalue weighted by Gasteiger charge is 2.22. The summed E-state index contributed by atoms with van der Waals surface area (Å²) in [4.78, 5) is 0. The summed E-state index contributed by atoms with van der Waals surface area (Å²) in [6.45, 7) is 1.89. The lowest BCUT2D eigenvalue weighted by molar-refractivity contribution is 0.115. The van der Waals surface area contributed by atoms with Gasteiger partial charge in [-0.1, -0.05) is 63.3 Å². The highest BCUT2D eigenvalue weighted by molar-refractivity contribution is 5.24. The van der Waals surface area contributed by atoms with Gasteiger partial charge in [-0.2, -0.15) is 0 Å². The van der Waals surface area contributed by atoms with Gasteiger partial charge in [-0.05, 0) is 36.8 Å². The van der Waals surface area contributed by atoms with Crippen molar-refractivity contribution in [3.8, 4) is 0 Å². The molecule has 0 unspecified atom stereocenters. The lowest BCUT2D eigenvalue weighted by Gasteiger charge is -2.24. The van der Waals surface area contributed by atoms with Gasteiger partial charge in [-0.15, -0.1) is 0 Å². The van der Waals surface area contributed by atoms with E-state index in [0.29, 0.717) is 6.42 Å². The van der Waals surface area contributed by atoms with E-state index >= 15 is 0 Å². The molecule has 0 aliphatic rings. The minimum atomic E-state index is -0.866. The maximum atomic E-state index is 9.24. The van der Waals surface area contributed by atoms with Crippen molar-refractivity contribution >= 4 is 0 Å². The van der Waals surface area contributed by atoms with Gasteiger partial charge < -0.3 is 15.9 Å². The quantitative estimate of drug-likeness (QED) is 0.519. The maximum Gasteiger partial charge on any atom is 0.0633 e. The number of benzene rings is 1. The molecule has 1 aromatic rings. The van der Waals surface area contributed by atoms with Crippen LogP contribution in [-0.2, 0) is 12.8 Å². The SMILES string of the molecule is CCCCCCCCc1cccc(CCC(N)(CO)CO)c1. The Hall–Kier alpha value is -0.900. The third-order valence-electron chi connectivity index (χ3n) is 4.35. The Balaban J connectivity index is 2.36. The number of unbranched alkanes of at least 4 members (excludes halogenated alkanes) is 5. The Bertz CT molecular complexity index is 402. The van der Waals surface area contributed by atoms with Crippen LogP contribution >= 0.6 is 0 Å². The average molecular weight is 307 g/mol. The molecular weight excluding hydrogens is 274 g/mol. The predicted molar refractivity (Wildman–Crippen MR) is 92.9 cm³/mol. The molecule has 1 aromatic carbocycles. The molecule has 1 rings (SSSR count). The molecular formula is C19H33NO2. The molecule has 0 aliphatic carbocycles. The zero-order valence-corrected chi connectivity index (χ0v) is 14.1. The van der Waals surface area contributed by atoms with Gasteiger partial charge in [0.2, 0.25) is 0 Å². The first kappa shape index (κ1) is 19.1. The number of rotatable bonds is 12. The third-order valence-corrected chi connectivity index (χ3v) is 4.35. The summed E-state index contributed by atoms with van der Waals surface area (Å²) in [5, 5.41) is 18.5. The van der Waals surface area contributed by atoms with Gasteiger partial charge in [-0.3, -0.25) is 0 Å². The Morgan fingerprint density at radius 3 is 2.14 bits per heavy atom. The van der Waals surface area contributed by atoms with E-state index in [4.69, 9.17) is 5.73 Å². The van der Waals surface area contributed by atoms with Gasteiger partial charge in [0.25, 0.3) is 0 Å². The Morgan fingerprint density at radius 2 is 1.50 bits per heavy atom. The highest BCUT2D eigenvalue weighted by atomic mass is 16.3. The van der Waals surface area contributed by atoms with E-state index in [9.17, 15) is 10.2 Å². The van der Waals surface area contributed by atoms with E-state index in [2.05, 4.69) is 31.2 Å². The fourth-order valence-corrected chi connectivity index (χ4v) is 2.65. The van der Waals surface area contributed by atoms with Gasteiger partial charge in [0, 0.05) is 0 Å². The van der Waals surface area contributed by atoms with Crippen LogP contribution in [0.4, 0.5) is 0 Å². The van der Waals surface area contributed by atoms with Crippen molar-refractivity contribution in [1.82, 2.24) is 0 Å². The monoisotopic (exact) mass is 307 g/mol. The van der Waals surface area contributed by atoms with Crippen LogP contribution in [0.1, 0.15) is 63.0 Å². The summed E-state index contributed by atoms with van der Waals surface area (Å²) >= 11 is 0. The summed E-state index contributed by atoms with van der Waals surface area (Å²) in [6.07, 6.45) is 10.4. The van der Waals surface area contributed by atoms with Crippen LogP contribution in [0.2, 0.25) is 0 Å². The molecule has 0 spiro atoms. The zero-order valence-electron chi connectivity index (χ0n) is 14.1. The number of hydrogen-bond acceptors (Lipinski definition) is 3. The Morgan fingerprint density at radius 1 is 0.909 bits per heavy atom. The summed E-state index contributed by atoms with van der Waals surface area (Å²) in [6, 6.07) is 8.61. The zero-order chi connectivity index (χ0) is 16.3. The van der Waals surface area contributed by atoms with Crippen LogP contribution in [0, 0.1) is 0 Å². The third kappa shape index (κ3) is 7.39. The number of aryl methyl sites for hydroxylation is 2. The molecule has 126 valence electrons. The summed E-state index contributed by atoms with van der Waals surface area (Å²) in [5.74, 6) is 0. The largest absolute Gasteiger partial charge is 0.394 e. The molecule has 0 bridgehead atoms. The minimum Gasteiger partial charge on any atom is -0.394 e. The van der Waals surface area contributed by atoms with Crippen LogP contribution in [0.5, 0.6) is 0 Å². The van der Waals surface area contributed by atoms with Gasteiger partial charge in [0.15, 0.2) is 0 Å². The molecule has 0 aliphatic heterocycles. The number of aliphatic hydroxyl groups is 2. The predicted octanol–water partition coefficient (Wildman–Crippen LogP) is 3.20. The Labute approximate surface area is 135 Å². The van der Waals surface area contributed by atoms with Gasteiger partial charge >= 0.3 is 0 Å². The molecule has 0 saturated carbocycles. The van der Waals surface area contributed by atoms with Crippen molar-refractivity contribution < 1.29 is 10.2 Å². The number of aliphatic hydroxyl groups excluding tert-OH is 2. The topological polar surface area (TPSA) is 66.5 Å². The van der Waals surface area contributed by atoms with Crippen LogP contribution in [0.25, 0.3) is 0 Å². The van der Waals surface area contributed by atoms with E-state index in [0.717, 1.165) is 12.8 Å². The molecule has 22 heavy (non-hydrogen) atoms. The molecule has 0 heterocycles. The van der Waals surface area contributed by atoms with Crippen LogP contribution in [0.3, 0.4) is 0 Å². The number of hydrogen-bond donors (Lipinski definition) is 3. The molecule has 3 nitrogen and oxygen atoms in total. The van der Waals surface area contributed by atoms with Crippen LogP contribution in [0.15, 0.2) is 24.3 Å². The first-order valence-electron chi connectivity index (χ1n) is 8.72. The van der Waals surface area contributed by atoms with Crippen LogP contribution < -0.4 is 5.73 Å². The molecule has 3 heteroatoms.